The average Bonchev–Trinajstić information content (AvgIpc) is 3.34. The Hall–Kier alpha value is -2.80. The Labute approximate surface area is 177 Å². The molecule has 1 N–H and O–H groups in total. The van der Waals surface area contributed by atoms with E-state index in [9.17, 15) is 9.59 Å². The summed E-state index contributed by atoms with van der Waals surface area (Å²) in [6, 6.07) is 9.38. The molecule has 0 unspecified atom stereocenters. The molecule has 0 saturated carbocycles. The summed E-state index contributed by atoms with van der Waals surface area (Å²) in [5.74, 6) is -0.272. The number of nitrogens with one attached hydrogen (secondary N) is 1. The lowest BCUT2D eigenvalue weighted by molar-refractivity contribution is 0.0786. The molecule has 2 aromatic rings. The van der Waals surface area contributed by atoms with Crippen LogP contribution in [0.3, 0.4) is 0 Å². The molecule has 0 bridgehead atoms. The first-order valence-corrected chi connectivity index (χ1v) is 10.9. The van der Waals surface area contributed by atoms with E-state index in [1.165, 1.54) is 5.56 Å². The summed E-state index contributed by atoms with van der Waals surface area (Å²) in [6.07, 6.45) is 8.60. The topological polar surface area (TPSA) is 78.4 Å². The van der Waals surface area contributed by atoms with Gasteiger partial charge >= 0.3 is 0 Å². The van der Waals surface area contributed by atoms with Crippen LogP contribution in [0.1, 0.15) is 52.2 Å². The molecule has 2 aliphatic rings. The first-order valence-electron chi connectivity index (χ1n) is 10.9. The quantitative estimate of drug-likeness (QED) is 0.794. The van der Waals surface area contributed by atoms with Crippen LogP contribution in [0.5, 0.6) is 0 Å². The second kappa shape index (κ2) is 9.80. The molecule has 2 aromatic heterocycles. The molecule has 2 amide bonds. The van der Waals surface area contributed by atoms with Gasteiger partial charge in [-0.1, -0.05) is 6.07 Å². The van der Waals surface area contributed by atoms with E-state index in [1.807, 2.05) is 17.3 Å². The summed E-state index contributed by atoms with van der Waals surface area (Å²) in [4.78, 5) is 37.9. The Morgan fingerprint density at radius 2 is 1.67 bits per heavy atom. The molecule has 0 spiro atoms. The van der Waals surface area contributed by atoms with Crippen molar-refractivity contribution in [2.45, 2.75) is 38.1 Å². The van der Waals surface area contributed by atoms with Crippen molar-refractivity contribution >= 4 is 11.8 Å². The molecule has 30 heavy (non-hydrogen) atoms. The van der Waals surface area contributed by atoms with Gasteiger partial charge in [0.05, 0.1) is 0 Å². The third-order valence-corrected chi connectivity index (χ3v) is 5.98. The van der Waals surface area contributed by atoms with E-state index in [0.717, 1.165) is 64.8 Å². The van der Waals surface area contributed by atoms with Crippen molar-refractivity contribution in [2.75, 3.05) is 32.7 Å². The van der Waals surface area contributed by atoms with Crippen LogP contribution in [0.2, 0.25) is 0 Å². The van der Waals surface area contributed by atoms with Gasteiger partial charge in [-0.15, -0.1) is 0 Å². The van der Waals surface area contributed by atoms with E-state index < -0.39 is 0 Å². The molecular formula is C23H29N5O2. The van der Waals surface area contributed by atoms with Crippen molar-refractivity contribution < 1.29 is 9.59 Å². The first-order chi connectivity index (χ1) is 14.7. The highest BCUT2D eigenvalue weighted by Gasteiger charge is 2.24. The number of aromatic nitrogens is 2. The Balaban J connectivity index is 1.25. The maximum atomic E-state index is 12.7. The van der Waals surface area contributed by atoms with E-state index in [0.29, 0.717) is 11.4 Å². The summed E-state index contributed by atoms with van der Waals surface area (Å²) in [7, 11) is 0. The minimum Gasteiger partial charge on any atom is -0.348 e. The summed E-state index contributed by atoms with van der Waals surface area (Å²) in [5.41, 5.74) is 1.98. The zero-order valence-electron chi connectivity index (χ0n) is 17.3. The molecule has 0 atom stereocenters. The molecular weight excluding hydrogens is 378 g/mol. The van der Waals surface area contributed by atoms with Gasteiger partial charge in [0.2, 0.25) is 0 Å². The van der Waals surface area contributed by atoms with Gasteiger partial charge < -0.3 is 15.1 Å². The molecule has 0 aromatic carbocycles. The van der Waals surface area contributed by atoms with Crippen LogP contribution in [0.25, 0.3) is 0 Å². The third-order valence-electron chi connectivity index (χ3n) is 5.98. The molecule has 2 aliphatic heterocycles. The SMILES string of the molecule is O=C(NC1CCN(CCc2ccncc2)CC1)c1cccc(C(=O)N2CCCC2)n1. The van der Waals surface area contributed by atoms with Crippen LogP contribution >= 0.6 is 0 Å². The fraction of sp³-hybridized carbons (Fsp3) is 0.478. The summed E-state index contributed by atoms with van der Waals surface area (Å²) < 4.78 is 0. The highest BCUT2D eigenvalue weighted by Crippen LogP contribution is 2.14. The third kappa shape index (κ3) is 5.21. The number of hydrogen-bond donors (Lipinski definition) is 1. The van der Waals surface area contributed by atoms with Crippen LogP contribution in [0, 0.1) is 0 Å². The minimum absolute atomic E-state index is 0.0790. The summed E-state index contributed by atoms with van der Waals surface area (Å²) >= 11 is 0. The molecule has 0 aliphatic carbocycles. The number of carbonyl (C=O) groups excluding carboxylic acids is 2. The average molecular weight is 408 g/mol. The zero-order chi connectivity index (χ0) is 20.8. The number of nitrogens with zero attached hydrogens (tertiary/aromatic N) is 4. The lowest BCUT2D eigenvalue weighted by Crippen LogP contribution is -2.45. The van der Waals surface area contributed by atoms with Crippen LogP contribution < -0.4 is 5.32 Å². The van der Waals surface area contributed by atoms with E-state index in [-0.39, 0.29) is 17.9 Å². The summed E-state index contributed by atoms with van der Waals surface area (Å²) in [6.45, 7) is 4.51. The fourth-order valence-corrected chi connectivity index (χ4v) is 4.16. The molecule has 158 valence electrons. The van der Waals surface area contributed by atoms with Crippen molar-refractivity contribution in [3.8, 4) is 0 Å². The zero-order valence-corrected chi connectivity index (χ0v) is 17.3. The van der Waals surface area contributed by atoms with Gasteiger partial charge in [-0.2, -0.15) is 0 Å². The Bertz CT molecular complexity index is 859. The van der Waals surface area contributed by atoms with E-state index >= 15 is 0 Å². The van der Waals surface area contributed by atoms with Gasteiger partial charge in [0.1, 0.15) is 11.4 Å². The van der Waals surface area contributed by atoms with Crippen LogP contribution in [-0.2, 0) is 6.42 Å². The smallest absolute Gasteiger partial charge is 0.272 e. The monoisotopic (exact) mass is 407 g/mol. The second-order valence-corrected chi connectivity index (χ2v) is 8.10. The first kappa shape index (κ1) is 20.5. The van der Waals surface area contributed by atoms with Gasteiger partial charge in [-0.3, -0.25) is 14.6 Å². The van der Waals surface area contributed by atoms with Crippen molar-refractivity contribution in [3.63, 3.8) is 0 Å². The van der Waals surface area contributed by atoms with Gasteiger partial charge in [0.25, 0.3) is 11.8 Å². The molecule has 4 heterocycles. The fourth-order valence-electron chi connectivity index (χ4n) is 4.16. The minimum atomic E-state index is -0.193. The second-order valence-electron chi connectivity index (χ2n) is 8.10. The lowest BCUT2D eigenvalue weighted by Gasteiger charge is -2.32. The van der Waals surface area contributed by atoms with E-state index in [1.54, 1.807) is 18.2 Å². The van der Waals surface area contributed by atoms with Crippen LogP contribution in [0.15, 0.2) is 42.7 Å². The Kier molecular flexibility index (Phi) is 6.69. The standard InChI is InChI=1S/C23H29N5O2/c29-22(20-4-3-5-21(26-20)23(30)28-13-1-2-14-28)25-19-9-16-27(17-10-19)15-8-18-6-11-24-12-7-18/h3-7,11-12,19H,1-2,8-10,13-17H2,(H,25,29). The van der Waals surface area contributed by atoms with Crippen molar-refractivity contribution in [1.29, 1.82) is 0 Å². The van der Waals surface area contributed by atoms with Crippen LogP contribution in [-0.4, -0.2) is 70.3 Å². The van der Waals surface area contributed by atoms with Crippen molar-refractivity contribution in [2.24, 2.45) is 0 Å². The highest BCUT2D eigenvalue weighted by molar-refractivity contribution is 5.96. The number of hydrogen-bond acceptors (Lipinski definition) is 5. The molecule has 7 heteroatoms. The number of pyridine rings is 2. The highest BCUT2D eigenvalue weighted by atomic mass is 16.2. The largest absolute Gasteiger partial charge is 0.348 e. The van der Waals surface area contributed by atoms with Gasteiger partial charge in [-0.05, 0) is 61.9 Å². The normalized spacial score (nSPS) is 17.8. The molecule has 0 radical (unpaired) electrons. The Morgan fingerprint density at radius 1 is 0.967 bits per heavy atom. The maximum absolute atomic E-state index is 12.7. The van der Waals surface area contributed by atoms with Crippen LogP contribution in [0.4, 0.5) is 0 Å². The van der Waals surface area contributed by atoms with Crippen molar-refractivity contribution in [1.82, 2.24) is 25.1 Å². The number of likely N-dealkylation sites (tertiary alicyclic amines) is 2. The van der Waals surface area contributed by atoms with Gasteiger partial charge in [-0.25, -0.2) is 4.98 Å². The number of carbonyl (C=O) groups is 2. The number of rotatable bonds is 6. The van der Waals surface area contributed by atoms with Gasteiger partial charge in [0.15, 0.2) is 0 Å². The molecule has 4 rings (SSSR count). The van der Waals surface area contributed by atoms with Crippen molar-refractivity contribution in [3.05, 3.63) is 59.7 Å². The Morgan fingerprint density at radius 3 is 2.40 bits per heavy atom. The lowest BCUT2D eigenvalue weighted by atomic mass is 10.0. The van der Waals surface area contributed by atoms with E-state index in [4.69, 9.17) is 0 Å². The maximum Gasteiger partial charge on any atom is 0.272 e. The summed E-state index contributed by atoms with van der Waals surface area (Å²) in [5, 5.41) is 3.10. The van der Waals surface area contributed by atoms with Gasteiger partial charge in [0, 0.05) is 51.2 Å². The molecule has 2 saturated heterocycles. The number of amides is 2. The molecule has 2 fully saturated rings. The molecule has 7 nitrogen and oxygen atoms in total. The number of piperidine rings is 1. The predicted molar refractivity (Wildman–Crippen MR) is 114 cm³/mol. The predicted octanol–water partition coefficient (Wildman–Crippen LogP) is 2.15. The van der Waals surface area contributed by atoms with E-state index in [2.05, 4.69) is 32.3 Å².